The molecule has 0 saturated carbocycles. The van der Waals surface area contributed by atoms with Crippen molar-refractivity contribution in [3.8, 4) is 0 Å². The number of carbonyl (C=O) groups excluding carboxylic acids is 1. The Bertz CT molecular complexity index is 1290. The second-order valence-corrected chi connectivity index (χ2v) is 11.0. The van der Waals surface area contributed by atoms with Gasteiger partial charge in [-0.1, -0.05) is 38.1 Å². The van der Waals surface area contributed by atoms with E-state index >= 15 is 0 Å². The maximum Gasteiger partial charge on any atom is 0.255 e. The fraction of sp³-hybridized carbons (Fsp3) is 0.385. The number of benzene rings is 2. The fourth-order valence-electron chi connectivity index (χ4n) is 4.21. The van der Waals surface area contributed by atoms with Crippen molar-refractivity contribution >= 4 is 21.6 Å². The van der Waals surface area contributed by atoms with Gasteiger partial charge >= 0.3 is 0 Å². The lowest BCUT2D eigenvalue weighted by molar-refractivity contribution is 0.0730. The second kappa shape index (κ2) is 10.3. The predicted octanol–water partition coefficient (Wildman–Crippen LogP) is 3.94. The molecule has 1 aliphatic heterocycles. The smallest absolute Gasteiger partial charge is 0.255 e. The number of hydrogen-bond donors (Lipinski definition) is 1. The van der Waals surface area contributed by atoms with E-state index in [1.807, 2.05) is 36.4 Å². The van der Waals surface area contributed by atoms with E-state index in [2.05, 4.69) is 24.3 Å². The van der Waals surface area contributed by atoms with Crippen LogP contribution in [-0.4, -0.2) is 54.7 Å². The Morgan fingerprint density at radius 3 is 2.26 bits per heavy atom. The van der Waals surface area contributed by atoms with Gasteiger partial charge in [0.15, 0.2) is 0 Å². The van der Waals surface area contributed by atoms with Crippen LogP contribution in [-0.2, 0) is 21.3 Å². The standard InChI is InChI=1S/C26H32N4O4S/c1-18(2)22-9-11-24(12-10-22)27-26(31)23-7-5-21(6-8-23)17-30-20(4)25(19(3)28-30)35(32,33)29-13-15-34-16-14-29/h5-12,18H,13-17H2,1-4H3,(H,27,31). The summed E-state index contributed by atoms with van der Waals surface area (Å²) in [5.74, 6) is 0.254. The highest BCUT2D eigenvalue weighted by Gasteiger charge is 2.32. The quantitative estimate of drug-likeness (QED) is 0.535. The molecule has 35 heavy (non-hydrogen) atoms. The van der Waals surface area contributed by atoms with Gasteiger partial charge in [0, 0.05) is 24.3 Å². The van der Waals surface area contributed by atoms with E-state index in [4.69, 9.17) is 4.74 Å². The molecule has 9 heteroatoms. The molecule has 3 aromatic rings. The third-order valence-corrected chi connectivity index (χ3v) is 8.42. The summed E-state index contributed by atoms with van der Waals surface area (Å²) in [6, 6.07) is 15.1. The molecular weight excluding hydrogens is 464 g/mol. The van der Waals surface area contributed by atoms with E-state index < -0.39 is 10.0 Å². The van der Waals surface area contributed by atoms with Gasteiger partial charge in [-0.05, 0) is 55.2 Å². The van der Waals surface area contributed by atoms with Gasteiger partial charge in [-0.15, -0.1) is 0 Å². The number of rotatable bonds is 7. The maximum atomic E-state index is 13.2. The summed E-state index contributed by atoms with van der Waals surface area (Å²) in [6.07, 6.45) is 0. The van der Waals surface area contributed by atoms with Crippen LogP contribution in [0.1, 0.15) is 52.6 Å². The first-order valence-corrected chi connectivity index (χ1v) is 13.2. The van der Waals surface area contributed by atoms with Crippen molar-refractivity contribution in [3.63, 3.8) is 0 Å². The summed E-state index contributed by atoms with van der Waals surface area (Å²) >= 11 is 0. The Morgan fingerprint density at radius 2 is 1.66 bits per heavy atom. The molecule has 4 rings (SSSR count). The zero-order valence-electron chi connectivity index (χ0n) is 20.6. The number of aromatic nitrogens is 2. The van der Waals surface area contributed by atoms with Crippen LogP contribution in [0.4, 0.5) is 5.69 Å². The molecule has 0 atom stereocenters. The first-order chi connectivity index (χ1) is 16.7. The van der Waals surface area contributed by atoms with Crippen LogP contribution >= 0.6 is 0 Å². The van der Waals surface area contributed by atoms with Crippen molar-refractivity contribution in [1.82, 2.24) is 14.1 Å². The molecule has 2 heterocycles. The molecular formula is C26H32N4O4S. The highest BCUT2D eigenvalue weighted by atomic mass is 32.2. The van der Waals surface area contributed by atoms with E-state index in [9.17, 15) is 13.2 Å². The molecule has 186 valence electrons. The van der Waals surface area contributed by atoms with E-state index in [-0.39, 0.29) is 10.8 Å². The average Bonchev–Trinajstić information content (AvgIpc) is 3.13. The number of carbonyl (C=O) groups is 1. The topological polar surface area (TPSA) is 93.5 Å². The van der Waals surface area contributed by atoms with Gasteiger partial charge in [-0.2, -0.15) is 9.40 Å². The van der Waals surface area contributed by atoms with Gasteiger partial charge in [0.1, 0.15) is 4.90 Å². The molecule has 1 N–H and O–H groups in total. The van der Waals surface area contributed by atoms with Gasteiger partial charge in [0.2, 0.25) is 10.0 Å². The van der Waals surface area contributed by atoms with E-state index in [0.717, 1.165) is 11.3 Å². The molecule has 1 aromatic heterocycles. The number of ether oxygens (including phenoxy) is 1. The van der Waals surface area contributed by atoms with Gasteiger partial charge in [-0.25, -0.2) is 8.42 Å². The van der Waals surface area contributed by atoms with Crippen molar-refractivity contribution in [2.45, 2.75) is 45.1 Å². The summed E-state index contributed by atoms with van der Waals surface area (Å²) in [5, 5.41) is 7.42. The lowest BCUT2D eigenvalue weighted by atomic mass is 10.0. The summed E-state index contributed by atoms with van der Waals surface area (Å²) in [5.41, 5.74) is 4.51. The summed E-state index contributed by atoms with van der Waals surface area (Å²) in [4.78, 5) is 12.9. The third kappa shape index (κ3) is 5.47. The first kappa shape index (κ1) is 25.1. The monoisotopic (exact) mass is 496 g/mol. The number of hydrogen-bond acceptors (Lipinski definition) is 5. The van der Waals surface area contributed by atoms with Gasteiger partial charge < -0.3 is 10.1 Å². The largest absolute Gasteiger partial charge is 0.379 e. The first-order valence-electron chi connectivity index (χ1n) is 11.8. The third-order valence-electron chi connectivity index (χ3n) is 6.27. The highest BCUT2D eigenvalue weighted by Crippen LogP contribution is 2.25. The molecule has 2 aromatic carbocycles. The Morgan fingerprint density at radius 1 is 1.03 bits per heavy atom. The summed E-state index contributed by atoms with van der Waals surface area (Å²) < 4.78 is 34.8. The van der Waals surface area contributed by atoms with E-state index in [1.165, 1.54) is 9.87 Å². The molecule has 1 fully saturated rings. The van der Waals surface area contributed by atoms with Crippen LogP contribution in [0.5, 0.6) is 0 Å². The Labute approximate surface area is 207 Å². The van der Waals surface area contributed by atoms with E-state index in [0.29, 0.717) is 55.7 Å². The van der Waals surface area contributed by atoms with E-state index in [1.54, 1.807) is 30.7 Å². The molecule has 0 aliphatic carbocycles. The van der Waals surface area contributed by atoms with Crippen LogP contribution < -0.4 is 5.32 Å². The number of nitrogens with zero attached hydrogens (tertiary/aromatic N) is 3. The van der Waals surface area contributed by atoms with Crippen LogP contribution in [0, 0.1) is 13.8 Å². The molecule has 0 bridgehead atoms. The Balaban J connectivity index is 1.46. The number of amides is 1. The lowest BCUT2D eigenvalue weighted by Gasteiger charge is -2.26. The molecule has 0 radical (unpaired) electrons. The SMILES string of the molecule is Cc1nn(Cc2ccc(C(=O)Nc3ccc(C(C)C)cc3)cc2)c(C)c1S(=O)(=O)N1CCOCC1. The number of anilines is 1. The molecule has 1 amide bonds. The number of nitrogens with one attached hydrogen (secondary N) is 1. The van der Waals surface area contributed by atoms with Crippen LogP contribution in [0.2, 0.25) is 0 Å². The lowest BCUT2D eigenvalue weighted by Crippen LogP contribution is -2.41. The van der Waals surface area contributed by atoms with Crippen LogP contribution in [0.3, 0.4) is 0 Å². The number of morpholine rings is 1. The predicted molar refractivity (Wildman–Crippen MR) is 135 cm³/mol. The maximum absolute atomic E-state index is 13.2. The zero-order valence-corrected chi connectivity index (χ0v) is 21.4. The molecule has 0 spiro atoms. The van der Waals surface area contributed by atoms with Gasteiger partial charge in [-0.3, -0.25) is 9.48 Å². The van der Waals surface area contributed by atoms with Crippen LogP contribution in [0.25, 0.3) is 0 Å². The van der Waals surface area contributed by atoms with Crippen molar-refractivity contribution in [1.29, 1.82) is 0 Å². The number of sulfonamides is 1. The summed E-state index contributed by atoms with van der Waals surface area (Å²) in [6.45, 7) is 9.65. The normalized spacial score (nSPS) is 14.9. The van der Waals surface area contributed by atoms with Crippen LogP contribution in [0.15, 0.2) is 53.4 Å². The van der Waals surface area contributed by atoms with Gasteiger partial charge in [0.25, 0.3) is 5.91 Å². The fourth-order valence-corrected chi connectivity index (χ4v) is 5.99. The zero-order chi connectivity index (χ0) is 25.2. The van der Waals surface area contributed by atoms with Crippen molar-refractivity contribution in [2.75, 3.05) is 31.6 Å². The molecule has 1 aliphatic rings. The number of aryl methyl sites for hydroxylation is 1. The molecule has 0 unspecified atom stereocenters. The van der Waals surface area contributed by atoms with Crippen molar-refractivity contribution in [2.24, 2.45) is 0 Å². The van der Waals surface area contributed by atoms with Gasteiger partial charge in [0.05, 0.1) is 31.1 Å². The minimum atomic E-state index is -3.63. The van der Waals surface area contributed by atoms with Crippen molar-refractivity contribution in [3.05, 3.63) is 76.6 Å². The molecule has 8 nitrogen and oxygen atoms in total. The van der Waals surface area contributed by atoms with Crippen molar-refractivity contribution < 1.29 is 17.9 Å². The highest BCUT2D eigenvalue weighted by molar-refractivity contribution is 7.89. The molecule has 1 saturated heterocycles. The Hall–Kier alpha value is -3.01. The summed E-state index contributed by atoms with van der Waals surface area (Å²) in [7, 11) is -3.63. The second-order valence-electron chi connectivity index (χ2n) is 9.10. The minimum absolute atomic E-state index is 0.182. The average molecular weight is 497 g/mol. The Kier molecular flexibility index (Phi) is 7.39. The minimum Gasteiger partial charge on any atom is -0.379 e.